The van der Waals surface area contributed by atoms with Gasteiger partial charge in [-0.25, -0.2) is 4.79 Å². The molecule has 3 nitrogen and oxygen atoms in total. The Hall–Kier alpha value is -0.990. The maximum atomic E-state index is 11.1. The van der Waals surface area contributed by atoms with Gasteiger partial charge in [-0.1, -0.05) is 0 Å². The van der Waals surface area contributed by atoms with E-state index < -0.39 is 0 Å². The molecule has 3 heteroatoms. The van der Waals surface area contributed by atoms with Crippen LogP contribution in [0.4, 0.5) is 0 Å². The summed E-state index contributed by atoms with van der Waals surface area (Å²) in [5, 5.41) is 0. The van der Waals surface area contributed by atoms with Gasteiger partial charge >= 0.3 is 5.97 Å². The van der Waals surface area contributed by atoms with E-state index in [-0.39, 0.29) is 5.97 Å². The van der Waals surface area contributed by atoms with Crippen LogP contribution >= 0.6 is 0 Å². The zero-order valence-electron chi connectivity index (χ0n) is 7.89. The van der Waals surface area contributed by atoms with Crippen molar-refractivity contribution in [3.63, 3.8) is 0 Å². The molecule has 0 radical (unpaired) electrons. The lowest BCUT2D eigenvalue weighted by molar-refractivity contribution is -0.136. The first-order valence-electron chi connectivity index (χ1n) is 4.16. The van der Waals surface area contributed by atoms with E-state index in [4.69, 9.17) is 0 Å². The summed E-state index contributed by atoms with van der Waals surface area (Å²) in [6.45, 7) is 2.87. The van der Waals surface area contributed by atoms with Gasteiger partial charge in [-0.05, 0) is 19.8 Å². The molecule has 0 spiro atoms. The summed E-state index contributed by atoms with van der Waals surface area (Å²) in [4.78, 5) is 13.3. The van der Waals surface area contributed by atoms with Crippen LogP contribution in [-0.4, -0.2) is 31.6 Å². The molecule has 68 valence electrons. The molecule has 1 rings (SSSR count). The minimum absolute atomic E-state index is 0.209. The van der Waals surface area contributed by atoms with E-state index in [1.807, 2.05) is 14.0 Å². The SMILES string of the molecule is COC(=O)/C(C)=C1\CCCN1C. The van der Waals surface area contributed by atoms with Crippen LogP contribution in [0.5, 0.6) is 0 Å². The molecule has 0 aromatic rings. The predicted molar refractivity (Wildman–Crippen MR) is 46.6 cm³/mol. The lowest BCUT2D eigenvalue weighted by Crippen LogP contribution is -2.15. The van der Waals surface area contributed by atoms with E-state index in [1.165, 1.54) is 7.11 Å². The Kier molecular flexibility index (Phi) is 2.74. The number of esters is 1. The summed E-state index contributed by atoms with van der Waals surface area (Å²) in [6, 6.07) is 0. The zero-order valence-corrected chi connectivity index (χ0v) is 7.89. The second-order valence-corrected chi connectivity index (χ2v) is 3.09. The van der Waals surface area contributed by atoms with Gasteiger partial charge in [0.25, 0.3) is 0 Å². The summed E-state index contributed by atoms with van der Waals surface area (Å²) in [5.74, 6) is -0.209. The standard InChI is InChI=1S/C9H15NO2/c1-7(9(11)12-3)8-5-4-6-10(8)2/h4-6H2,1-3H3/b8-7+. The third-order valence-electron chi connectivity index (χ3n) is 2.29. The van der Waals surface area contributed by atoms with Gasteiger partial charge in [-0.15, -0.1) is 0 Å². The predicted octanol–water partition coefficient (Wildman–Crippen LogP) is 1.16. The number of carbonyl (C=O) groups excluding carboxylic acids is 1. The summed E-state index contributed by atoms with van der Waals surface area (Å²) >= 11 is 0. The van der Waals surface area contributed by atoms with Crippen LogP contribution in [0.15, 0.2) is 11.3 Å². The molecule has 1 heterocycles. The average Bonchev–Trinajstić information content (AvgIpc) is 2.48. The number of allylic oxidation sites excluding steroid dienone is 1. The second-order valence-electron chi connectivity index (χ2n) is 3.09. The molecule has 1 saturated heterocycles. The van der Waals surface area contributed by atoms with E-state index >= 15 is 0 Å². The topological polar surface area (TPSA) is 29.5 Å². The third-order valence-corrected chi connectivity index (χ3v) is 2.29. The highest BCUT2D eigenvalue weighted by atomic mass is 16.5. The maximum absolute atomic E-state index is 11.1. The minimum atomic E-state index is -0.209. The number of rotatable bonds is 1. The second kappa shape index (κ2) is 3.61. The van der Waals surface area contributed by atoms with Crippen LogP contribution in [0.2, 0.25) is 0 Å². The molecule has 0 aromatic carbocycles. The molecule has 0 amide bonds. The fourth-order valence-corrected chi connectivity index (χ4v) is 1.55. The highest BCUT2D eigenvalue weighted by molar-refractivity contribution is 5.88. The summed E-state index contributed by atoms with van der Waals surface area (Å²) in [7, 11) is 3.43. The number of ether oxygens (including phenoxy) is 1. The van der Waals surface area contributed by atoms with Crippen molar-refractivity contribution in [2.45, 2.75) is 19.8 Å². The lowest BCUT2D eigenvalue weighted by atomic mass is 10.2. The molecule has 0 N–H and O–H groups in total. The molecule has 1 aliphatic heterocycles. The van der Waals surface area contributed by atoms with Crippen LogP contribution < -0.4 is 0 Å². The van der Waals surface area contributed by atoms with E-state index in [1.54, 1.807) is 0 Å². The van der Waals surface area contributed by atoms with Crippen LogP contribution in [0.3, 0.4) is 0 Å². The number of likely N-dealkylation sites (tertiary alicyclic amines) is 1. The Labute approximate surface area is 73.0 Å². The smallest absolute Gasteiger partial charge is 0.335 e. The van der Waals surface area contributed by atoms with Crippen LogP contribution in [0.25, 0.3) is 0 Å². The molecule has 0 bridgehead atoms. The van der Waals surface area contributed by atoms with Crippen LogP contribution in [-0.2, 0) is 9.53 Å². The quantitative estimate of drug-likeness (QED) is 0.436. The molecule has 0 unspecified atom stereocenters. The van der Waals surface area contributed by atoms with Gasteiger partial charge in [0.2, 0.25) is 0 Å². The molecule has 12 heavy (non-hydrogen) atoms. The summed E-state index contributed by atoms with van der Waals surface area (Å²) < 4.78 is 4.65. The van der Waals surface area contributed by atoms with Crippen molar-refractivity contribution in [3.8, 4) is 0 Å². The van der Waals surface area contributed by atoms with Gasteiger partial charge in [-0.2, -0.15) is 0 Å². The lowest BCUT2D eigenvalue weighted by Gasteiger charge is -2.14. The monoisotopic (exact) mass is 169 g/mol. The number of hydrogen-bond acceptors (Lipinski definition) is 3. The van der Waals surface area contributed by atoms with Crippen molar-refractivity contribution in [2.24, 2.45) is 0 Å². The van der Waals surface area contributed by atoms with Gasteiger partial charge in [0.05, 0.1) is 12.7 Å². The van der Waals surface area contributed by atoms with Gasteiger partial charge in [0.15, 0.2) is 0 Å². The van der Waals surface area contributed by atoms with Gasteiger partial charge < -0.3 is 9.64 Å². The largest absolute Gasteiger partial charge is 0.466 e. The Morgan fingerprint density at radius 2 is 2.25 bits per heavy atom. The fourth-order valence-electron chi connectivity index (χ4n) is 1.55. The third kappa shape index (κ3) is 1.60. The highest BCUT2D eigenvalue weighted by Crippen LogP contribution is 2.22. The Morgan fingerprint density at radius 1 is 1.58 bits per heavy atom. The molecule has 1 aliphatic rings. The van der Waals surface area contributed by atoms with E-state index in [2.05, 4.69) is 9.64 Å². The van der Waals surface area contributed by atoms with Crippen molar-refractivity contribution >= 4 is 5.97 Å². The average molecular weight is 169 g/mol. The zero-order chi connectivity index (χ0) is 9.14. The van der Waals surface area contributed by atoms with Gasteiger partial charge in [0.1, 0.15) is 0 Å². The first kappa shape index (κ1) is 9.10. The molecular weight excluding hydrogens is 154 g/mol. The van der Waals surface area contributed by atoms with Crippen molar-refractivity contribution in [2.75, 3.05) is 20.7 Å². The normalized spacial score (nSPS) is 21.1. The highest BCUT2D eigenvalue weighted by Gasteiger charge is 2.18. The van der Waals surface area contributed by atoms with Crippen LogP contribution in [0.1, 0.15) is 19.8 Å². The van der Waals surface area contributed by atoms with Crippen molar-refractivity contribution in [1.29, 1.82) is 0 Å². The fraction of sp³-hybridized carbons (Fsp3) is 0.667. The maximum Gasteiger partial charge on any atom is 0.335 e. The number of nitrogens with zero attached hydrogens (tertiary/aromatic N) is 1. The molecule has 0 aliphatic carbocycles. The van der Waals surface area contributed by atoms with Crippen LogP contribution in [0, 0.1) is 0 Å². The van der Waals surface area contributed by atoms with E-state index in [0.717, 1.165) is 30.7 Å². The van der Waals surface area contributed by atoms with Gasteiger partial charge in [0, 0.05) is 19.3 Å². The molecule has 0 saturated carbocycles. The number of methoxy groups -OCH3 is 1. The number of carbonyl (C=O) groups is 1. The number of hydrogen-bond donors (Lipinski definition) is 0. The van der Waals surface area contributed by atoms with E-state index in [9.17, 15) is 4.79 Å². The molecule has 1 fully saturated rings. The van der Waals surface area contributed by atoms with Gasteiger partial charge in [-0.3, -0.25) is 0 Å². The minimum Gasteiger partial charge on any atom is -0.466 e. The first-order valence-corrected chi connectivity index (χ1v) is 4.16. The Morgan fingerprint density at radius 3 is 2.67 bits per heavy atom. The Bertz CT molecular complexity index is 221. The van der Waals surface area contributed by atoms with E-state index in [0.29, 0.717) is 0 Å². The van der Waals surface area contributed by atoms with Crippen molar-refractivity contribution < 1.29 is 9.53 Å². The Balaban J connectivity index is 2.81. The summed E-state index contributed by atoms with van der Waals surface area (Å²) in [6.07, 6.45) is 2.14. The first-order chi connectivity index (χ1) is 5.66. The van der Waals surface area contributed by atoms with Crippen molar-refractivity contribution in [3.05, 3.63) is 11.3 Å². The molecule has 0 aromatic heterocycles. The molecule has 0 atom stereocenters. The van der Waals surface area contributed by atoms with Crippen molar-refractivity contribution in [1.82, 2.24) is 4.90 Å². The molecular formula is C9H15NO2. The summed E-state index contributed by atoms with van der Waals surface area (Å²) in [5.41, 5.74) is 1.87.